The van der Waals surface area contributed by atoms with E-state index in [1.165, 1.54) is 17.9 Å². The molecule has 20 heavy (non-hydrogen) atoms. The van der Waals surface area contributed by atoms with Crippen molar-refractivity contribution >= 4 is 0 Å². The maximum Gasteiger partial charge on any atom is 0.108 e. The predicted octanol–water partition coefficient (Wildman–Crippen LogP) is 1.79. The Balaban J connectivity index is 1.56. The van der Waals surface area contributed by atoms with Crippen LogP contribution in [-0.4, -0.2) is 37.8 Å². The van der Waals surface area contributed by atoms with Crippen molar-refractivity contribution in [2.75, 3.05) is 13.6 Å². The Morgan fingerprint density at radius 1 is 1.40 bits per heavy atom. The van der Waals surface area contributed by atoms with Crippen molar-refractivity contribution in [2.45, 2.75) is 39.4 Å². The molecule has 1 aliphatic heterocycles. The molecule has 0 unspecified atom stereocenters. The molecule has 0 bridgehead atoms. The van der Waals surface area contributed by atoms with Crippen molar-refractivity contribution < 1.29 is 0 Å². The van der Waals surface area contributed by atoms with Gasteiger partial charge in [-0.15, -0.1) is 0 Å². The van der Waals surface area contributed by atoms with Gasteiger partial charge in [-0.05, 0) is 32.4 Å². The molecule has 0 aliphatic carbocycles. The minimum Gasteiger partial charge on any atom is -0.335 e. The molecule has 3 heterocycles. The first-order chi connectivity index (χ1) is 9.76. The highest BCUT2D eigenvalue weighted by atomic mass is 15.3. The van der Waals surface area contributed by atoms with Gasteiger partial charge >= 0.3 is 0 Å². The molecule has 0 amide bonds. The monoisotopic (exact) mass is 273 g/mol. The molecule has 0 radical (unpaired) electrons. The Bertz CT molecular complexity index is 556. The van der Waals surface area contributed by atoms with Crippen molar-refractivity contribution in [1.82, 2.24) is 24.2 Å². The lowest BCUT2D eigenvalue weighted by atomic mass is 9.99. The Morgan fingerprint density at radius 2 is 2.30 bits per heavy atom. The van der Waals surface area contributed by atoms with Crippen LogP contribution in [0.5, 0.6) is 0 Å². The molecule has 2 aromatic heterocycles. The van der Waals surface area contributed by atoms with E-state index in [1.54, 1.807) is 0 Å². The van der Waals surface area contributed by atoms with Crippen LogP contribution >= 0.6 is 0 Å². The fourth-order valence-electron chi connectivity index (χ4n) is 3.15. The van der Waals surface area contributed by atoms with E-state index in [1.807, 2.05) is 12.4 Å². The Hall–Kier alpha value is -1.62. The fourth-order valence-corrected chi connectivity index (χ4v) is 3.15. The smallest absolute Gasteiger partial charge is 0.108 e. The van der Waals surface area contributed by atoms with E-state index in [0.717, 1.165) is 38.5 Å². The van der Waals surface area contributed by atoms with Gasteiger partial charge in [-0.2, -0.15) is 5.10 Å². The minimum absolute atomic E-state index is 0.722. The summed E-state index contributed by atoms with van der Waals surface area (Å²) >= 11 is 0. The van der Waals surface area contributed by atoms with Crippen LogP contribution in [0.2, 0.25) is 0 Å². The fraction of sp³-hybridized carbons (Fsp3) is 0.600. The van der Waals surface area contributed by atoms with Crippen molar-refractivity contribution in [1.29, 1.82) is 0 Å². The standard InChI is InChI=1S/C15H23N5/c1-3-20-14(6-7-17-20)12-18(2)10-13-4-5-15-16-8-9-19(15)11-13/h6-9,13H,3-5,10-12H2,1-2H3/t13-/m1/s1. The van der Waals surface area contributed by atoms with E-state index in [-0.39, 0.29) is 0 Å². The summed E-state index contributed by atoms with van der Waals surface area (Å²) in [6.07, 6.45) is 8.27. The zero-order valence-electron chi connectivity index (χ0n) is 12.4. The molecule has 1 atom stereocenters. The third kappa shape index (κ3) is 2.77. The first kappa shape index (κ1) is 13.4. The molecule has 0 aromatic carbocycles. The maximum atomic E-state index is 4.39. The Kier molecular flexibility index (Phi) is 3.87. The number of aryl methyl sites for hydroxylation is 2. The summed E-state index contributed by atoms with van der Waals surface area (Å²) in [5.74, 6) is 1.97. The number of fused-ring (bicyclic) bond motifs is 1. The van der Waals surface area contributed by atoms with Crippen LogP contribution in [0, 0.1) is 5.92 Å². The van der Waals surface area contributed by atoms with E-state index in [2.05, 4.69) is 50.5 Å². The SMILES string of the molecule is CCn1nccc1CN(C)C[C@H]1CCc2nccn2C1. The summed E-state index contributed by atoms with van der Waals surface area (Å²) in [7, 11) is 2.20. The molecule has 0 fully saturated rings. The molecule has 0 saturated heterocycles. The number of imidazole rings is 1. The zero-order valence-corrected chi connectivity index (χ0v) is 12.4. The quantitative estimate of drug-likeness (QED) is 0.834. The second kappa shape index (κ2) is 5.79. The van der Waals surface area contributed by atoms with E-state index in [0.29, 0.717) is 0 Å². The summed E-state index contributed by atoms with van der Waals surface area (Å²) in [5, 5.41) is 4.33. The molecule has 2 aromatic rings. The highest BCUT2D eigenvalue weighted by Crippen LogP contribution is 2.20. The summed E-state index contributed by atoms with van der Waals surface area (Å²) in [6, 6.07) is 2.12. The predicted molar refractivity (Wildman–Crippen MR) is 78.3 cm³/mol. The third-order valence-corrected chi connectivity index (χ3v) is 4.14. The van der Waals surface area contributed by atoms with Gasteiger partial charge in [-0.25, -0.2) is 4.98 Å². The zero-order chi connectivity index (χ0) is 13.9. The first-order valence-corrected chi connectivity index (χ1v) is 7.45. The molecule has 5 heteroatoms. The normalized spacial score (nSPS) is 18.4. The lowest BCUT2D eigenvalue weighted by Crippen LogP contribution is -2.31. The molecule has 3 rings (SSSR count). The summed E-state index contributed by atoms with van der Waals surface area (Å²) in [4.78, 5) is 6.80. The average Bonchev–Trinajstić information content (AvgIpc) is 3.06. The number of hydrogen-bond donors (Lipinski definition) is 0. The molecular weight excluding hydrogens is 250 g/mol. The van der Waals surface area contributed by atoms with Crippen molar-refractivity contribution in [3.63, 3.8) is 0 Å². The van der Waals surface area contributed by atoms with Gasteiger partial charge in [-0.1, -0.05) is 0 Å². The van der Waals surface area contributed by atoms with Crippen molar-refractivity contribution in [3.05, 3.63) is 36.2 Å². The van der Waals surface area contributed by atoms with Gasteiger partial charge in [0.05, 0.1) is 5.69 Å². The highest BCUT2D eigenvalue weighted by Gasteiger charge is 2.20. The first-order valence-electron chi connectivity index (χ1n) is 7.45. The Morgan fingerprint density at radius 3 is 3.15 bits per heavy atom. The van der Waals surface area contributed by atoms with Crippen LogP contribution in [0.25, 0.3) is 0 Å². The topological polar surface area (TPSA) is 38.9 Å². The lowest BCUT2D eigenvalue weighted by molar-refractivity contribution is 0.224. The van der Waals surface area contributed by atoms with Gasteiger partial charge in [0.25, 0.3) is 0 Å². The van der Waals surface area contributed by atoms with Gasteiger partial charge < -0.3 is 9.47 Å². The van der Waals surface area contributed by atoms with Crippen LogP contribution in [-0.2, 0) is 26.1 Å². The van der Waals surface area contributed by atoms with E-state index >= 15 is 0 Å². The van der Waals surface area contributed by atoms with Crippen molar-refractivity contribution in [3.8, 4) is 0 Å². The summed E-state index contributed by atoms with van der Waals surface area (Å²) in [6.45, 7) is 6.29. The second-order valence-electron chi connectivity index (χ2n) is 5.74. The van der Waals surface area contributed by atoms with Gasteiger partial charge in [0.1, 0.15) is 5.82 Å². The lowest BCUT2D eigenvalue weighted by Gasteiger charge is -2.28. The highest BCUT2D eigenvalue weighted by molar-refractivity contribution is 5.01. The number of hydrogen-bond acceptors (Lipinski definition) is 3. The molecule has 0 N–H and O–H groups in total. The van der Waals surface area contributed by atoms with Crippen molar-refractivity contribution in [2.24, 2.45) is 5.92 Å². The van der Waals surface area contributed by atoms with E-state index in [9.17, 15) is 0 Å². The van der Waals surface area contributed by atoms with Gasteiger partial charge in [-0.3, -0.25) is 4.68 Å². The molecule has 0 saturated carbocycles. The van der Waals surface area contributed by atoms with Crippen LogP contribution < -0.4 is 0 Å². The number of nitrogens with zero attached hydrogens (tertiary/aromatic N) is 5. The van der Waals surface area contributed by atoms with Crippen LogP contribution in [0.3, 0.4) is 0 Å². The van der Waals surface area contributed by atoms with Crippen LogP contribution in [0.4, 0.5) is 0 Å². The van der Waals surface area contributed by atoms with Gasteiger partial charge in [0.15, 0.2) is 0 Å². The minimum atomic E-state index is 0.722. The second-order valence-corrected chi connectivity index (χ2v) is 5.74. The van der Waals surface area contributed by atoms with Gasteiger partial charge in [0.2, 0.25) is 0 Å². The summed E-state index contributed by atoms with van der Waals surface area (Å²) in [5.41, 5.74) is 1.30. The maximum absolute atomic E-state index is 4.39. The molecule has 0 spiro atoms. The number of aromatic nitrogens is 4. The average molecular weight is 273 g/mol. The van der Waals surface area contributed by atoms with Gasteiger partial charge in [0, 0.05) is 51.2 Å². The Labute approximate surface area is 120 Å². The van der Waals surface area contributed by atoms with Crippen LogP contribution in [0.1, 0.15) is 24.9 Å². The summed E-state index contributed by atoms with van der Waals surface area (Å²) < 4.78 is 4.38. The largest absolute Gasteiger partial charge is 0.335 e. The molecule has 5 nitrogen and oxygen atoms in total. The number of rotatable bonds is 5. The van der Waals surface area contributed by atoms with Crippen LogP contribution in [0.15, 0.2) is 24.7 Å². The van der Waals surface area contributed by atoms with E-state index < -0.39 is 0 Å². The third-order valence-electron chi connectivity index (χ3n) is 4.14. The van der Waals surface area contributed by atoms with E-state index in [4.69, 9.17) is 0 Å². The molecule has 108 valence electrons. The molecule has 1 aliphatic rings. The molecular formula is C15H23N5.